The van der Waals surface area contributed by atoms with E-state index in [4.69, 9.17) is 15.2 Å². The molecule has 1 aromatic heterocycles. The zero-order valence-electron chi connectivity index (χ0n) is 18.9. The highest BCUT2D eigenvalue weighted by atomic mass is 16.5. The second kappa shape index (κ2) is 10.4. The Morgan fingerprint density at radius 1 is 1.29 bits per heavy atom. The van der Waals surface area contributed by atoms with E-state index in [0.717, 1.165) is 0 Å². The van der Waals surface area contributed by atoms with Crippen LogP contribution in [0.25, 0.3) is 10.9 Å². The van der Waals surface area contributed by atoms with Crippen LogP contribution < -0.4 is 15.8 Å². The van der Waals surface area contributed by atoms with Crippen LogP contribution in [0.3, 0.4) is 0 Å². The first kappa shape index (κ1) is 24.4. The minimum absolute atomic E-state index is 0.00946. The summed E-state index contributed by atoms with van der Waals surface area (Å²) in [5, 5.41) is 13.0. The van der Waals surface area contributed by atoms with Gasteiger partial charge in [-0.3, -0.25) is 9.78 Å². The molecule has 170 valence electrons. The number of pyridine rings is 1. The lowest BCUT2D eigenvalue weighted by molar-refractivity contribution is -0.129. The number of rotatable bonds is 6. The van der Waals surface area contributed by atoms with Crippen molar-refractivity contribution in [2.24, 2.45) is 5.92 Å². The number of nitrogens with two attached hydrogens (primary N) is 1. The van der Waals surface area contributed by atoms with Crippen molar-refractivity contribution < 1.29 is 24.2 Å². The molecular formula is C23H33N3O5. The molecule has 0 aliphatic carbocycles. The maximum absolute atomic E-state index is 12.5. The lowest BCUT2D eigenvalue weighted by Crippen LogP contribution is -2.50. The van der Waals surface area contributed by atoms with Gasteiger partial charge in [0.25, 0.3) is 0 Å². The topological polar surface area (TPSA) is 124 Å². The molecule has 2 heterocycles. The van der Waals surface area contributed by atoms with Gasteiger partial charge in [0.2, 0.25) is 5.91 Å². The molecule has 0 saturated carbocycles. The molecule has 1 saturated heterocycles. The second-order valence-corrected chi connectivity index (χ2v) is 7.99. The Morgan fingerprint density at radius 3 is 2.55 bits per heavy atom. The average molecular weight is 432 g/mol. The van der Waals surface area contributed by atoms with Crippen molar-refractivity contribution in [2.45, 2.75) is 53.0 Å². The predicted octanol–water partition coefficient (Wildman–Crippen LogP) is 3.55. The van der Waals surface area contributed by atoms with Gasteiger partial charge >= 0.3 is 5.97 Å². The molecule has 8 heteroatoms. The third kappa shape index (κ3) is 5.85. The molecule has 8 nitrogen and oxygen atoms in total. The van der Waals surface area contributed by atoms with Crippen LogP contribution in [0.4, 0.5) is 5.69 Å². The second-order valence-electron chi connectivity index (χ2n) is 7.99. The minimum Gasteiger partial charge on any atom is -0.490 e. The fraction of sp³-hybridized carbons (Fsp3) is 0.522. The van der Waals surface area contributed by atoms with Crippen LogP contribution in [0, 0.1) is 12.8 Å². The summed E-state index contributed by atoms with van der Waals surface area (Å²) in [6.07, 6.45) is 1.43. The number of carbonyl (C=O) groups is 2. The summed E-state index contributed by atoms with van der Waals surface area (Å²) in [5.74, 6) is -0.761. The number of ether oxygens (including phenoxy) is 2. The number of aromatic carboxylic acids is 1. The van der Waals surface area contributed by atoms with Crippen molar-refractivity contribution in [2.75, 3.05) is 25.6 Å². The fourth-order valence-corrected chi connectivity index (χ4v) is 3.52. The molecule has 0 radical (unpaired) electrons. The van der Waals surface area contributed by atoms with E-state index in [9.17, 15) is 14.7 Å². The van der Waals surface area contributed by atoms with Crippen molar-refractivity contribution >= 4 is 28.5 Å². The van der Waals surface area contributed by atoms with Crippen molar-refractivity contribution in [3.05, 3.63) is 29.5 Å². The van der Waals surface area contributed by atoms with Crippen molar-refractivity contribution in [1.29, 1.82) is 0 Å². The molecule has 0 unspecified atom stereocenters. The Bertz CT molecular complexity index is 936. The Morgan fingerprint density at radius 2 is 1.94 bits per heavy atom. The number of carboxylic acid groups (broad SMARTS) is 1. The number of aromatic nitrogens is 1. The molecule has 1 amide bonds. The normalized spacial score (nSPS) is 14.5. The Hall–Kier alpha value is -2.87. The van der Waals surface area contributed by atoms with Gasteiger partial charge in [-0.05, 0) is 45.7 Å². The van der Waals surface area contributed by atoms with Gasteiger partial charge < -0.3 is 25.6 Å². The summed E-state index contributed by atoms with van der Waals surface area (Å²) >= 11 is 0. The third-order valence-corrected chi connectivity index (χ3v) is 5.05. The molecule has 2 aromatic rings. The molecule has 0 spiro atoms. The molecule has 1 aliphatic rings. The highest BCUT2D eigenvalue weighted by Gasteiger charge is 2.28. The first-order chi connectivity index (χ1) is 14.7. The van der Waals surface area contributed by atoms with Crippen LogP contribution in [0.5, 0.6) is 5.75 Å². The van der Waals surface area contributed by atoms with E-state index in [-0.39, 0.29) is 29.7 Å². The molecule has 0 atom stereocenters. The van der Waals surface area contributed by atoms with Gasteiger partial charge in [0, 0.05) is 19.1 Å². The van der Waals surface area contributed by atoms with Gasteiger partial charge in [0.1, 0.15) is 17.9 Å². The van der Waals surface area contributed by atoms with Crippen LogP contribution in [0.1, 0.15) is 56.6 Å². The number of nitrogen functional groups attached to an aromatic ring is 1. The minimum atomic E-state index is -1.13. The van der Waals surface area contributed by atoms with E-state index in [0.29, 0.717) is 48.4 Å². The van der Waals surface area contributed by atoms with Crippen LogP contribution in [-0.4, -0.2) is 47.3 Å². The summed E-state index contributed by atoms with van der Waals surface area (Å²) in [6, 6.07) is 5.25. The summed E-state index contributed by atoms with van der Waals surface area (Å²) in [7, 11) is 0. The van der Waals surface area contributed by atoms with Gasteiger partial charge in [0.05, 0.1) is 27.8 Å². The van der Waals surface area contributed by atoms with Crippen LogP contribution in [0.2, 0.25) is 0 Å². The number of benzene rings is 1. The van der Waals surface area contributed by atoms with Crippen molar-refractivity contribution in [1.82, 2.24) is 10.3 Å². The first-order valence-electron chi connectivity index (χ1n) is 10.6. The molecule has 1 fully saturated rings. The molecular weight excluding hydrogens is 398 g/mol. The number of nitrogens with zero attached hydrogens (tertiary/aromatic N) is 1. The number of nitrogens with one attached hydrogen (secondary N) is 1. The fourth-order valence-electron chi connectivity index (χ4n) is 3.52. The summed E-state index contributed by atoms with van der Waals surface area (Å²) in [4.78, 5) is 28.5. The monoisotopic (exact) mass is 431 g/mol. The Labute approximate surface area is 183 Å². The maximum atomic E-state index is 12.5. The predicted molar refractivity (Wildman–Crippen MR) is 120 cm³/mol. The van der Waals surface area contributed by atoms with E-state index >= 15 is 0 Å². The lowest BCUT2D eigenvalue weighted by atomic mass is 9.97. The van der Waals surface area contributed by atoms with Gasteiger partial charge in [-0.25, -0.2) is 4.79 Å². The largest absolute Gasteiger partial charge is 0.490 e. The highest BCUT2D eigenvalue weighted by Crippen LogP contribution is 2.33. The smallest absolute Gasteiger partial charge is 0.339 e. The van der Waals surface area contributed by atoms with E-state index < -0.39 is 11.5 Å². The number of aryl methyl sites for hydroxylation is 1. The standard InChI is InChI=1S/C21H27N3O5.C2H6/c1-12-16(20(26)27)18(22)17-14(23-12)5-4-6-15(17)29-11-21(2,3)24-19(25)13-7-9-28-10-8-13;1-2/h4-6,13H,7-11H2,1-3H3,(H2,22,23)(H,24,25)(H,26,27);1-2H3. The average Bonchev–Trinajstić information content (AvgIpc) is 2.73. The first-order valence-corrected chi connectivity index (χ1v) is 10.6. The van der Waals surface area contributed by atoms with E-state index in [2.05, 4.69) is 10.3 Å². The molecule has 4 N–H and O–H groups in total. The van der Waals surface area contributed by atoms with Gasteiger partial charge in [0.15, 0.2) is 0 Å². The third-order valence-electron chi connectivity index (χ3n) is 5.05. The number of hydrogen-bond acceptors (Lipinski definition) is 6. The van der Waals surface area contributed by atoms with Crippen molar-refractivity contribution in [3.8, 4) is 5.75 Å². The summed E-state index contributed by atoms with van der Waals surface area (Å²) < 4.78 is 11.3. The zero-order valence-corrected chi connectivity index (χ0v) is 18.9. The maximum Gasteiger partial charge on any atom is 0.339 e. The van der Waals surface area contributed by atoms with Crippen LogP contribution in [0.15, 0.2) is 18.2 Å². The molecule has 0 bridgehead atoms. The zero-order chi connectivity index (χ0) is 23.2. The molecule has 1 aliphatic heterocycles. The number of amides is 1. The summed E-state index contributed by atoms with van der Waals surface area (Å²) in [5.41, 5.74) is 6.54. The van der Waals surface area contributed by atoms with E-state index in [1.807, 2.05) is 27.7 Å². The molecule has 31 heavy (non-hydrogen) atoms. The van der Waals surface area contributed by atoms with Gasteiger partial charge in [-0.15, -0.1) is 0 Å². The van der Waals surface area contributed by atoms with Gasteiger partial charge in [-0.1, -0.05) is 19.9 Å². The number of carbonyl (C=O) groups excluding carboxylic acids is 1. The van der Waals surface area contributed by atoms with Gasteiger partial charge in [-0.2, -0.15) is 0 Å². The SMILES string of the molecule is CC.Cc1nc2cccc(OCC(C)(C)NC(=O)C3CCOCC3)c2c(N)c1C(=O)O. The lowest BCUT2D eigenvalue weighted by Gasteiger charge is -2.30. The van der Waals surface area contributed by atoms with Crippen molar-refractivity contribution in [3.63, 3.8) is 0 Å². The molecule has 1 aromatic carbocycles. The Balaban J connectivity index is 0.00000166. The van der Waals surface area contributed by atoms with E-state index in [1.165, 1.54) is 0 Å². The van der Waals surface area contributed by atoms with Crippen LogP contribution >= 0.6 is 0 Å². The number of carboxylic acids is 1. The van der Waals surface area contributed by atoms with Crippen LogP contribution in [-0.2, 0) is 9.53 Å². The van der Waals surface area contributed by atoms with E-state index in [1.54, 1.807) is 25.1 Å². The summed E-state index contributed by atoms with van der Waals surface area (Å²) in [6.45, 7) is 10.8. The number of fused-ring (bicyclic) bond motifs is 1. The molecule has 3 rings (SSSR count). The Kier molecular flexibility index (Phi) is 8.21. The highest BCUT2D eigenvalue weighted by molar-refractivity contribution is 6.06. The number of hydrogen-bond donors (Lipinski definition) is 3. The quantitative estimate of drug-likeness (QED) is 0.639. The number of anilines is 1.